The molecule has 0 saturated carbocycles. The smallest absolute Gasteiger partial charge is 0.159 e. The summed E-state index contributed by atoms with van der Waals surface area (Å²) in [6.45, 7) is 0.734. The largest absolute Gasteiger partial charge is 0.496 e. The number of nitrogens with one attached hydrogen (secondary N) is 1. The van der Waals surface area contributed by atoms with Gasteiger partial charge in [0.05, 0.1) is 12.6 Å². The predicted octanol–water partition coefficient (Wildman–Crippen LogP) is 1.91. The van der Waals surface area contributed by atoms with Crippen LogP contribution in [0, 0.1) is 0 Å². The lowest BCUT2D eigenvalue weighted by molar-refractivity contribution is -0.114. The number of methoxy groups -OCH3 is 1. The van der Waals surface area contributed by atoms with Crippen molar-refractivity contribution in [2.45, 2.75) is 6.42 Å². The molecule has 122 valence electrons. The summed E-state index contributed by atoms with van der Waals surface area (Å²) in [5.41, 5.74) is 1.60. The van der Waals surface area contributed by atoms with Crippen LogP contribution in [0.5, 0.6) is 5.75 Å². The Balaban J connectivity index is 2.31. The van der Waals surface area contributed by atoms with Crippen LogP contribution in [0.2, 0.25) is 0 Å². The Hall–Kier alpha value is -2.47. The van der Waals surface area contributed by atoms with E-state index in [1.54, 1.807) is 20.2 Å². The van der Waals surface area contributed by atoms with Gasteiger partial charge >= 0.3 is 0 Å². The van der Waals surface area contributed by atoms with Crippen LogP contribution in [-0.2, 0) is 11.2 Å². The molecule has 2 rings (SSSR count). The van der Waals surface area contributed by atoms with E-state index in [0.717, 1.165) is 28.8 Å². The predicted molar refractivity (Wildman–Crippen MR) is 92.0 cm³/mol. The lowest BCUT2D eigenvalue weighted by Crippen LogP contribution is -2.11. The first kappa shape index (κ1) is 16.9. The molecule has 0 spiro atoms. The highest BCUT2D eigenvalue weighted by atomic mass is 16.5. The Morgan fingerprint density at radius 1 is 1.35 bits per heavy atom. The van der Waals surface area contributed by atoms with Crippen molar-refractivity contribution < 1.29 is 9.53 Å². The summed E-state index contributed by atoms with van der Waals surface area (Å²) in [6.07, 6.45) is 5.26. The van der Waals surface area contributed by atoms with Crippen molar-refractivity contribution in [1.82, 2.24) is 14.9 Å². The third-order valence-corrected chi connectivity index (χ3v) is 3.41. The highest BCUT2D eigenvalue weighted by Gasteiger charge is 2.12. The number of carbonyl (C=O) groups excluding carboxylic acids is 1. The Kier molecular flexibility index (Phi) is 5.65. The lowest BCUT2D eigenvalue weighted by atomic mass is 10.0. The number of hydrogen-bond donors (Lipinski definition) is 1. The molecule has 23 heavy (non-hydrogen) atoms. The molecule has 0 amide bonds. The lowest BCUT2D eigenvalue weighted by Gasteiger charge is -2.11. The van der Waals surface area contributed by atoms with Crippen molar-refractivity contribution in [3.8, 4) is 5.75 Å². The number of ether oxygens (including phenoxy) is 1. The number of nitrogens with zero attached hydrogens (tertiary/aromatic N) is 3. The molecule has 6 heteroatoms. The molecule has 0 radical (unpaired) electrons. The van der Waals surface area contributed by atoms with Crippen molar-refractivity contribution in [1.29, 1.82) is 0 Å². The maximum atomic E-state index is 12.1. The molecule has 1 aromatic heterocycles. The fourth-order valence-corrected chi connectivity index (χ4v) is 2.30. The summed E-state index contributed by atoms with van der Waals surface area (Å²) in [5.74, 6) is 1.43. The van der Waals surface area contributed by atoms with E-state index in [2.05, 4.69) is 15.3 Å². The van der Waals surface area contributed by atoms with Crippen molar-refractivity contribution in [3.63, 3.8) is 0 Å². The van der Waals surface area contributed by atoms with E-state index in [1.807, 2.05) is 37.2 Å². The van der Waals surface area contributed by atoms with Gasteiger partial charge in [-0.15, -0.1) is 0 Å². The first-order chi connectivity index (χ1) is 11.0. The van der Waals surface area contributed by atoms with E-state index in [9.17, 15) is 4.79 Å². The van der Waals surface area contributed by atoms with Crippen LogP contribution < -0.4 is 10.1 Å². The molecule has 0 bridgehead atoms. The highest BCUT2D eigenvalue weighted by Crippen LogP contribution is 2.28. The van der Waals surface area contributed by atoms with Gasteiger partial charge in [0, 0.05) is 37.0 Å². The van der Waals surface area contributed by atoms with Crippen LogP contribution >= 0.6 is 0 Å². The van der Waals surface area contributed by atoms with Crippen LogP contribution in [0.3, 0.4) is 0 Å². The molecular formula is C17H22N4O2. The molecule has 6 nitrogen and oxygen atoms in total. The van der Waals surface area contributed by atoms with Gasteiger partial charge in [-0.1, -0.05) is 6.08 Å². The van der Waals surface area contributed by atoms with Crippen molar-refractivity contribution >= 4 is 22.5 Å². The van der Waals surface area contributed by atoms with Crippen molar-refractivity contribution in [2.75, 3.05) is 40.1 Å². The van der Waals surface area contributed by atoms with Gasteiger partial charge in [0.2, 0.25) is 0 Å². The van der Waals surface area contributed by atoms with Crippen LogP contribution in [-0.4, -0.2) is 55.4 Å². The van der Waals surface area contributed by atoms with E-state index < -0.39 is 0 Å². The van der Waals surface area contributed by atoms with E-state index in [4.69, 9.17) is 4.74 Å². The topological polar surface area (TPSA) is 67.4 Å². The quantitative estimate of drug-likeness (QED) is 0.788. The number of fused-ring (bicyclic) bond motifs is 1. The Morgan fingerprint density at radius 3 is 2.78 bits per heavy atom. The summed E-state index contributed by atoms with van der Waals surface area (Å²) in [6, 6.07) is 3.75. The maximum Gasteiger partial charge on any atom is 0.159 e. The van der Waals surface area contributed by atoms with Gasteiger partial charge in [-0.05, 0) is 26.2 Å². The number of likely N-dealkylation sites (N-methyl/N-ethyl adjacent to an activating group) is 1. The molecule has 0 aliphatic heterocycles. The van der Waals surface area contributed by atoms with Gasteiger partial charge in [-0.2, -0.15) is 0 Å². The second-order valence-electron chi connectivity index (χ2n) is 5.46. The number of carbonyl (C=O) groups is 1. The fourth-order valence-electron chi connectivity index (χ4n) is 2.30. The Labute approximate surface area is 136 Å². The Morgan fingerprint density at radius 2 is 2.13 bits per heavy atom. The minimum atomic E-state index is 0.0346. The molecule has 0 fully saturated rings. The van der Waals surface area contributed by atoms with Crippen molar-refractivity contribution in [2.24, 2.45) is 0 Å². The van der Waals surface area contributed by atoms with E-state index in [-0.39, 0.29) is 12.2 Å². The minimum Gasteiger partial charge on any atom is -0.496 e. The first-order valence-corrected chi connectivity index (χ1v) is 7.38. The summed E-state index contributed by atoms with van der Waals surface area (Å²) in [4.78, 5) is 22.6. The molecule has 0 unspecified atom stereocenters. The minimum absolute atomic E-state index is 0.0346. The Bertz CT molecular complexity index is 726. The van der Waals surface area contributed by atoms with E-state index in [1.165, 1.54) is 6.33 Å². The van der Waals surface area contributed by atoms with Crippen LogP contribution in [0.25, 0.3) is 10.9 Å². The first-order valence-electron chi connectivity index (χ1n) is 7.38. The molecule has 2 aromatic rings. The zero-order chi connectivity index (χ0) is 16.8. The average Bonchev–Trinajstić information content (AvgIpc) is 2.53. The summed E-state index contributed by atoms with van der Waals surface area (Å²) < 4.78 is 5.41. The van der Waals surface area contributed by atoms with Crippen molar-refractivity contribution in [3.05, 3.63) is 36.2 Å². The number of rotatable bonds is 7. The number of ketones is 1. The monoisotopic (exact) mass is 314 g/mol. The zero-order valence-electron chi connectivity index (χ0n) is 14.0. The molecule has 1 heterocycles. The van der Waals surface area contributed by atoms with E-state index in [0.29, 0.717) is 5.75 Å². The van der Waals surface area contributed by atoms with Crippen LogP contribution in [0.4, 0.5) is 5.82 Å². The van der Waals surface area contributed by atoms with Gasteiger partial charge in [-0.3, -0.25) is 4.79 Å². The number of allylic oxidation sites excluding steroid dienone is 1. The molecule has 0 aliphatic rings. The van der Waals surface area contributed by atoms with E-state index >= 15 is 0 Å². The van der Waals surface area contributed by atoms with Gasteiger partial charge < -0.3 is 15.0 Å². The van der Waals surface area contributed by atoms with Gasteiger partial charge in [0.15, 0.2) is 5.78 Å². The summed E-state index contributed by atoms with van der Waals surface area (Å²) >= 11 is 0. The fraction of sp³-hybridized carbons (Fsp3) is 0.353. The summed E-state index contributed by atoms with van der Waals surface area (Å²) in [5, 5.41) is 3.91. The number of aromatic nitrogens is 2. The third kappa shape index (κ3) is 4.26. The average molecular weight is 314 g/mol. The van der Waals surface area contributed by atoms with Crippen LogP contribution in [0.15, 0.2) is 30.6 Å². The molecular weight excluding hydrogens is 292 g/mol. The summed E-state index contributed by atoms with van der Waals surface area (Å²) in [7, 11) is 7.32. The SMILES string of the molecule is CNc1ncnc2cc(OC)c(CC(=O)/C=C/CN(C)C)cc12. The van der Waals surface area contributed by atoms with Gasteiger partial charge in [0.1, 0.15) is 17.9 Å². The zero-order valence-corrected chi connectivity index (χ0v) is 14.0. The molecule has 0 aliphatic carbocycles. The van der Waals surface area contributed by atoms with Gasteiger partial charge in [-0.25, -0.2) is 9.97 Å². The number of anilines is 1. The second kappa shape index (κ2) is 7.69. The number of hydrogen-bond acceptors (Lipinski definition) is 6. The molecule has 0 saturated heterocycles. The standard InChI is InChI=1S/C17H22N4O2/c1-18-17-14-9-12(8-13(22)6-5-7-21(2)3)16(23-4)10-15(14)19-11-20-17/h5-6,9-11H,7-8H2,1-4H3,(H,18,19,20)/b6-5+. The third-order valence-electron chi connectivity index (χ3n) is 3.41. The second-order valence-corrected chi connectivity index (χ2v) is 5.46. The maximum absolute atomic E-state index is 12.1. The molecule has 1 N–H and O–H groups in total. The van der Waals surface area contributed by atoms with Crippen LogP contribution in [0.1, 0.15) is 5.56 Å². The molecule has 1 aromatic carbocycles. The van der Waals surface area contributed by atoms with Gasteiger partial charge in [0.25, 0.3) is 0 Å². The molecule has 0 atom stereocenters. The highest BCUT2D eigenvalue weighted by molar-refractivity contribution is 5.95. The normalized spacial score (nSPS) is 11.3. The number of benzene rings is 1.